The summed E-state index contributed by atoms with van der Waals surface area (Å²) in [5, 5.41) is 15.5. The molecule has 0 aromatic carbocycles. The number of esters is 1. The van der Waals surface area contributed by atoms with Crippen LogP contribution >= 0.6 is 0 Å². The van der Waals surface area contributed by atoms with Gasteiger partial charge in [-0.1, -0.05) is 19.7 Å². The van der Waals surface area contributed by atoms with Crippen molar-refractivity contribution >= 4 is 17.9 Å². The van der Waals surface area contributed by atoms with Crippen LogP contribution < -0.4 is 0 Å². The highest BCUT2D eigenvalue weighted by Gasteiger charge is 1.95. The molecule has 0 bridgehead atoms. The SMILES string of the molecule is C=C(C)C(=O)O.C=C(C)C(=O)OC.C=CC(=O)O. The Bertz CT molecular complexity index is 328. The molecule has 0 aliphatic heterocycles. The number of hydrogen-bond donors (Lipinski definition) is 2. The van der Waals surface area contributed by atoms with Gasteiger partial charge in [-0.25, -0.2) is 14.4 Å². The Morgan fingerprint density at radius 1 is 1.06 bits per heavy atom. The van der Waals surface area contributed by atoms with Gasteiger partial charge in [0, 0.05) is 17.2 Å². The molecule has 0 aromatic rings. The molecule has 0 aliphatic carbocycles. The number of rotatable bonds is 3. The third-order valence-electron chi connectivity index (χ3n) is 1.07. The highest BCUT2D eigenvalue weighted by Crippen LogP contribution is 1.87. The number of methoxy groups -OCH3 is 1. The molecular formula is C12H18O6. The predicted octanol–water partition coefficient (Wildman–Crippen LogP) is 1.64. The number of hydrogen-bond acceptors (Lipinski definition) is 4. The molecule has 0 saturated carbocycles. The fourth-order valence-electron chi connectivity index (χ4n) is 0.174. The van der Waals surface area contributed by atoms with Crippen LogP contribution in [0, 0.1) is 0 Å². The standard InChI is InChI=1S/C5H8O2.C4H6O2.C3H4O2/c1-4(2)5(6)7-3;1-3(2)4(5)6;1-2-3(4)5/h1H2,2-3H3;1H2,2H3,(H,5,6);2H,1H2,(H,4,5). The zero-order valence-electron chi connectivity index (χ0n) is 10.7. The first-order valence-corrected chi connectivity index (χ1v) is 4.58. The van der Waals surface area contributed by atoms with Crippen LogP contribution in [-0.2, 0) is 19.1 Å². The van der Waals surface area contributed by atoms with Gasteiger partial charge in [0.2, 0.25) is 0 Å². The average molecular weight is 258 g/mol. The number of carboxylic acids is 2. The highest BCUT2D eigenvalue weighted by atomic mass is 16.5. The van der Waals surface area contributed by atoms with Gasteiger partial charge in [0.25, 0.3) is 0 Å². The van der Waals surface area contributed by atoms with Crippen LogP contribution in [0.25, 0.3) is 0 Å². The van der Waals surface area contributed by atoms with E-state index in [0.717, 1.165) is 6.08 Å². The van der Waals surface area contributed by atoms with Crippen LogP contribution in [0.15, 0.2) is 37.0 Å². The summed E-state index contributed by atoms with van der Waals surface area (Å²) in [6, 6.07) is 0. The average Bonchev–Trinajstić information content (AvgIpc) is 2.29. The molecule has 6 nitrogen and oxygen atoms in total. The summed E-state index contributed by atoms with van der Waals surface area (Å²) in [5.41, 5.74) is 0.609. The molecule has 0 aliphatic rings. The van der Waals surface area contributed by atoms with Crippen molar-refractivity contribution in [3.8, 4) is 0 Å². The molecule has 0 atom stereocenters. The third kappa shape index (κ3) is 23.4. The Balaban J connectivity index is -0.000000190. The largest absolute Gasteiger partial charge is 0.478 e. The van der Waals surface area contributed by atoms with Gasteiger partial charge >= 0.3 is 17.9 Å². The van der Waals surface area contributed by atoms with E-state index in [1.807, 2.05) is 0 Å². The first kappa shape index (κ1) is 21.0. The van der Waals surface area contributed by atoms with Crippen LogP contribution in [-0.4, -0.2) is 35.2 Å². The summed E-state index contributed by atoms with van der Waals surface area (Å²) in [6.07, 6.45) is 0.833. The Labute approximate surface area is 106 Å². The molecule has 0 amide bonds. The van der Waals surface area contributed by atoms with Crippen molar-refractivity contribution in [2.45, 2.75) is 13.8 Å². The van der Waals surface area contributed by atoms with Gasteiger partial charge in [-0.05, 0) is 13.8 Å². The lowest BCUT2D eigenvalue weighted by molar-refractivity contribution is -0.136. The summed E-state index contributed by atoms with van der Waals surface area (Å²) >= 11 is 0. The van der Waals surface area contributed by atoms with Crippen LogP contribution in [0.2, 0.25) is 0 Å². The topological polar surface area (TPSA) is 101 Å². The molecule has 0 rings (SSSR count). The first-order valence-electron chi connectivity index (χ1n) is 4.58. The molecule has 0 spiro atoms. The monoisotopic (exact) mass is 258 g/mol. The van der Waals surface area contributed by atoms with Crippen molar-refractivity contribution in [2.24, 2.45) is 0 Å². The van der Waals surface area contributed by atoms with Crippen molar-refractivity contribution < 1.29 is 29.3 Å². The maximum atomic E-state index is 10.2. The van der Waals surface area contributed by atoms with E-state index in [1.165, 1.54) is 14.0 Å². The van der Waals surface area contributed by atoms with E-state index < -0.39 is 11.9 Å². The van der Waals surface area contributed by atoms with Gasteiger partial charge in [0.1, 0.15) is 0 Å². The smallest absolute Gasteiger partial charge is 0.332 e. The van der Waals surface area contributed by atoms with E-state index in [9.17, 15) is 14.4 Å². The van der Waals surface area contributed by atoms with Crippen LogP contribution in [0.5, 0.6) is 0 Å². The van der Waals surface area contributed by atoms with Crippen molar-refractivity contribution in [2.75, 3.05) is 7.11 Å². The molecule has 0 saturated heterocycles. The van der Waals surface area contributed by atoms with Crippen molar-refractivity contribution in [1.82, 2.24) is 0 Å². The molecule has 102 valence electrons. The number of carbonyl (C=O) groups excluding carboxylic acids is 1. The molecule has 0 aromatic heterocycles. The van der Waals surface area contributed by atoms with E-state index in [-0.39, 0.29) is 11.5 Å². The van der Waals surface area contributed by atoms with E-state index in [0.29, 0.717) is 5.57 Å². The van der Waals surface area contributed by atoms with Gasteiger partial charge in [-0.3, -0.25) is 0 Å². The number of carboxylic acid groups (broad SMARTS) is 2. The molecule has 2 N–H and O–H groups in total. The van der Waals surface area contributed by atoms with Crippen LogP contribution in [0.4, 0.5) is 0 Å². The van der Waals surface area contributed by atoms with Crippen molar-refractivity contribution in [3.05, 3.63) is 37.0 Å². The summed E-state index contributed by atoms with van der Waals surface area (Å²) in [7, 11) is 1.33. The molecule has 18 heavy (non-hydrogen) atoms. The second-order valence-electron chi connectivity index (χ2n) is 2.90. The fraction of sp³-hybridized carbons (Fsp3) is 0.250. The normalized spacial score (nSPS) is 7.28. The highest BCUT2D eigenvalue weighted by molar-refractivity contribution is 5.86. The van der Waals surface area contributed by atoms with E-state index in [1.54, 1.807) is 6.92 Å². The number of ether oxygens (including phenoxy) is 1. The maximum absolute atomic E-state index is 10.2. The van der Waals surface area contributed by atoms with Gasteiger partial charge in [-0.15, -0.1) is 0 Å². The van der Waals surface area contributed by atoms with E-state index in [2.05, 4.69) is 24.5 Å². The van der Waals surface area contributed by atoms with Crippen molar-refractivity contribution in [3.63, 3.8) is 0 Å². The quantitative estimate of drug-likeness (QED) is 0.589. The summed E-state index contributed by atoms with van der Waals surface area (Å²) in [5.74, 6) is -2.26. The third-order valence-corrected chi connectivity index (χ3v) is 1.07. The molecule has 0 fully saturated rings. The zero-order chi connectivity index (χ0) is 15.3. The summed E-state index contributed by atoms with van der Waals surface area (Å²) in [6.45, 7) is 12.5. The van der Waals surface area contributed by atoms with Gasteiger partial charge in [0.05, 0.1) is 7.11 Å². The van der Waals surface area contributed by atoms with E-state index >= 15 is 0 Å². The molecular weight excluding hydrogens is 240 g/mol. The maximum Gasteiger partial charge on any atom is 0.332 e. The minimum Gasteiger partial charge on any atom is -0.478 e. The van der Waals surface area contributed by atoms with Gasteiger partial charge < -0.3 is 14.9 Å². The van der Waals surface area contributed by atoms with Gasteiger partial charge in [0.15, 0.2) is 0 Å². The predicted molar refractivity (Wildman–Crippen MR) is 67.1 cm³/mol. The second-order valence-corrected chi connectivity index (χ2v) is 2.90. The van der Waals surface area contributed by atoms with Gasteiger partial charge in [-0.2, -0.15) is 0 Å². The lowest BCUT2D eigenvalue weighted by Gasteiger charge is -1.91. The molecule has 0 unspecified atom stereocenters. The molecule has 0 radical (unpaired) electrons. The number of carbonyl (C=O) groups is 3. The number of aliphatic carboxylic acids is 2. The Kier molecular flexibility index (Phi) is 14.8. The molecule has 0 heterocycles. The molecule has 6 heteroatoms. The first-order chi connectivity index (χ1) is 8.09. The van der Waals surface area contributed by atoms with Crippen LogP contribution in [0.3, 0.4) is 0 Å². The summed E-state index contributed by atoms with van der Waals surface area (Å²) < 4.78 is 4.27. The second kappa shape index (κ2) is 12.7. The Morgan fingerprint density at radius 3 is 1.33 bits per heavy atom. The Morgan fingerprint density at radius 2 is 1.33 bits per heavy atom. The minimum absolute atomic E-state index is 0.176. The zero-order valence-corrected chi connectivity index (χ0v) is 10.7. The van der Waals surface area contributed by atoms with E-state index in [4.69, 9.17) is 10.2 Å². The lowest BCUT2D eigenvalue weighted by atomic mass is 10.4. The summed E-state index contributed by atoms with van der Waals surface area (Å²) in [4.78, 5) is 29.0. The fourth-order valence-corrected chi connectivity index (χ4v) is 0.174. The van der Waals surface area contributed by atoms with Crippen molar-refractivity contribution in [1.29, 1.82) is 0 Å². The Hall–Kier alpha value is -2.37. The minimum atomic E-state index is -0.981. The lowest BCUT2D eigenvalue weighted by Crippen LogP contribution is -1.98. The van der Waals surface area contributed by atoms with Crippen LogP contribution in [0.1, 0.15) is 13.8 Å².